The van der Waals surface area contributed by atoms with Crippen LogP contribution >= 0.6 is 0 Å². The van der Waals surface area contributed by atoms with E-state index >= 15 is 0 Å². The Hall–Kier alpha value is -1.90. The van der Waals surface area contributed by atoms with Crippen LogP contribution < -0.4 is 0 Å². The fourth-order valence-electron chi connectivity index (χ4n) is 5.68. The normalized spacial score (nSPS) is 26.3. The summed E-state index contributed by atoms with van der Waals surface area (Å²) in [5, 5.41) is 4.52. The van der Waals surface area contributed by atoms with Crippen LogP contribution in [0.5, 0.6) is 0 Å². The minimum absolute atomic E-state index is 0.164. The molecule has 5 aliphatic rings. The third-order valence-corrected chi connectivity index (χ3v) is 8.10. The maximum atomic E-state index is 12.9. The zero-order valence-corrected chi connectivity index (χ0v) is 20.0. The van der Waals surface area contributed by atoms with Gasteiger partial charge in [-0.15, -0.1) is 0 Å². The quantitative estimate of drug-likeness (QED) is 0.615. The largest absolute Gasteiger partial charge is 0.339 e. The Morgan fingerprint density at radius 2 is 1.52 bits per heavy atom. The molecule has 0 radical (unpaired) electrons. The van der Waals surface area contributed by atoms with Crippen LogP contribution in [-0.4, -0.2) is 126 Å². The van der Waals surface area contributed by atoms with E-state index in [-0.39, 0.29) is 11.8 Å². The highest BCUT2D eigenvalue weighted by atomic mass is 16.2. The zero-order chi connectivity index (χ0) is 22.6. The highest BCUT2D eigenvalue weighted by Gasteiger charge is 2.31. The van der Waals surface area contributed by atoms with E-state index in [0.29, 0.717) is 6.54 Å². The van der Waals surface area contributed by atoms with Crippen LogP contribution in [0.15, 0.2) is 23.9 Å². The molecule has 0 aromatic carbocycles. The molecule has 4 heterocycles. The van der Waals surface area contributed by atoms with Crippen LogP contribution in [-0.2, 0) is 9.59 Å². The average Bonchev–Trinajstić information content (AvgIpc) is 2.84. The highest BCUT2D eigenvalue weighted by molar-refractivity contribution is 5.96. The average molecular weight is 457 g/mol. The first-order chi connectivity index (χ1) is 16.2. The van der Waals surface area contributed by atoms with Gasteiger partial charge in [-0.3, -0.25) is 19.4 Å². The number of piperazine rings is 2. The van der Waals surface area contributed by atoms with E-state index in [4.69, 9.17) is 0 Å². The van der Waals surface area contributed by atoms with Gasteiger partial charge in [0, 0.05) is 77.7 Å². The van der Waals surface area contributed by atoms with E-state index in [9.17, 15) is 9.59 Å². The molecule has 0 spiro atoms. The standard InChI is InChI=1S/C25H40N6O2/c32-24(28-16-14-27(15-17-28)23-7-4-8-23)21-26-12-18-30(19-13-26)31-11-5-6-22(20-31)25(33)29-9-2-1-3-10-29/h5-6,20,23H,1-4,7-19,21H2. The molecule has 1 saturated carbocycles. The Morgan fingerprint density at radius 3 is 2.18 bits per heavy atom. The van der Waals surface area contributed by atoms with E-state index in [0.717, 1.165) is 96.4 Å². The lowest BCUT2D eigenvalue weighted by Crippen LogP contribution is -2.57. The molecular formula is C25H40N6O2. The monoisotopic (exact) mass is 456 g/mol. The molecule has 182 valence electrons. The van der Waals surface area contributed by atoms with Crippen molar-refractivity contribution in [2.75, 3.05) is 78.5 Å². The topological polar surface area (TPSA) is 53.6 Å². The van der Waals surface area contributed by atoms with E-state index in [1.165, 1.54) is 25.7 Å². The molecule has 3 saturated heterocycles. The molecule has 0 N–H and O–H groups in total. The molecule has 1 aliphatic carbocycles. The smallest absolute Gasteiger partial charge is 0.255 e. The predicted octanol–water partition coefficient (Wildman–Crippen LogP) is 0.984. The third-order valence-electron chi connectivity index (χ3n) is 8.10. The summed E-state index contributed by atoms with van der Waals surface area (Å²) in [4.78, 5) is 34.7. The lowest BCUT2D eigenvalue weighted by molar-refractivity contribution is -0.136. The summed E-state index contributed by atoms with van der Waals surface area (Å²) in [7, 11) is 0. The summed E-state index contributed by atoms with van der Waals surface area (Å²) in [6, 6.07) is 0.782. The van der Waals surface area contributed by atoms with E-state index in [1.807, 2.05) is 17.2 Å². The molecule has 5 rings (SSSR count). The van der Waals surface area contributed by atoms with Gasteiger partial charge >= 0.3 is 0 Å². The van der Waals surface area contributed by atoms with Gasteiger partial charge in [-0.25, -0.2) is 5.01 Å². The molecule has 0 aromatic rings. The molecule has 33 heavy (non-hydrogen) atoms. The molecule has 8 heteroatoms. The summed E-state index contributed by atoms with van der Waals surface area (Å²) in [5.41, 5.74) is 0.793. The fraction of sp³-hybridized carbons (Fsp3) is 0.760. The number of amides is 2. The van der Waals surface area contributed by atoms with Crippen molar-refractivity contribution in [1.29, 1.82) is 0 Å². The predicted molar refractivity (Wildman–Crippen MR) is 128 cm³/mol. The van der Waals surface area contributed by atoms with E-state index in [2.05, 4.69) is 30.8 Å². The second-order valence-corrected chi connectivity index (χ2v) is 10.2. The summed E-state index contributed by atoms with van der Waals surface area (Å²) in [6.07, 6.45) is 13.6. The van der Waals surface area contributed by atoms with Gasteiger partial charge in [0.2, 0.25) is 5.91 Å². The van der Waals surface area contributed by atoms with Crippen LogP contribution in [0.3, 0.4) is 0 Å². The summed E-state index contributed by atoms with van der Waals surface area (Å²) < 4.78 is 0. The van der Waals surface area contributed by atoms with Gasteiger partial charge in [0.05, 0.1) is 18.7 Å². The Kier molecular flexibility index (Phi) is 7.33. The molecule has 0 aromatic heterocycles. The van der Waals surface area contributed by atoms with E-state index in [1.54, 1.807) is 0 Å². The lowest BCUT2D eigenvalue weighted by Gasteiger charge is -2.44. The van der Waals surface area contributed by atoms with Gasteiger partial charge in [-0.2, -0.15) is 0 Å². The van der Waals surface area contributed by atoms with Gasteiger partial charge in [0.15, 0.2) is 0 Å². The number of hydrogen-bond donors (Lipinski definition) is 0. The molecule has 0 bridgehead atoms. The number of carbonyl (C=O) groups excluding carboxylic acids is 2. The summed E-state index contributed by atoms with van der Waals surface area (Å²) in [5.74, 6) is 0.448. The molecular weight excluding hydrogens is 416 g/mol. The second-order valence-electron chi connectivity index (χ2n) is 10.2. The van der Waals surface area contributed by atoms with E-state index < -0.39 is 0 Å². The number of hydrazine groups is 1. The minimum Gasteiger partial charge on any atom is -0.339 e. The van der Waals surface area contributed by atoms with Gasteiger partial charge in [0.25, 0.3) is 5.91 Å². The van der Waals surface area contributed by atoms with Crippen molar-refractivity contribution in [3.05, 3.63) is 23.9 Å². The highest BCUT2D eigenvalue weighted by Crippen LogP contribution is 2.25. The number of carbonyl (C=O) groups is 2. The van der Waals surface area contributed by atoms with Crippen LogP contribution in [0.4, 0.5) is 0 Å². The molecule has 8 nitrogen and oxygen atoms in total. The maximum absolute atomic E-state index is 12.9. The van der Waals surface area contributed by atoms with Crippen molar-refractivity contribution in [2.45, 2.75) is 44.6 Å². The van der Waals surface area contributed by atoms with Gasteiger partial charge in [0.1, 0.15) is 0 Å². The minimum atomic E-state index is 0.164. The van der Waals surface area contributed by atoms with Crippen molar-refractivity contribution in [3.8, 4) is 0 Å². The SMILES string of the molecule is O=C(CN1CCN(N2C=C(C(=O)N3CCCCC3)C=CC2)CC1)N1CCN(C2CCC2)CC1. The van der Waals surface area contributed by atoms with Crippen LogP contribution in [0.2, 0.25) is 0 Å². The first kappa shape index (κ1) is 22.9. The molecule has 4 aliphatic heterocycles. The first-order valence-corrected chi connectivity index (χ1v) is 13.1. The van der Waals surface area contributed by atoms with Crippen molar-refractivity contribution < 1.29 is 9.59 Å². The van der Waals surface area contributed by atoms with Crippen LogP contribution in [0.25, 0.3) is 0 Å². The summed E-state index contributed by atoms with van der Waals surface area (Å²) >= 11 is 0. The first-order valence-electron chi connectivity index (χ1n) is 13.1. The summed E-state index contributed by atoms with van der Waals surface area (Å²) in [6.45, 7) is 10.5. The lowest BCUT2D eigenvalue weighted by atomic mass is 9.91. The Bertz CT molecular complexity index is 757. The third kappa shape index (κ3) is 5.44. The maximum Gasteiger partial charge on any atom is 0.255 e. The number of piperidine rings is 1. The van der Waals surface area contributed by atoms with Crippen LogP contribution in [0, 0.1) is 0 Å². The van der Waals surface area contributed by atoms with Crippen LogP contribution in [0.1, 0.15) is 38.5 Å². The number of nitrogens with zero attached hydrogens (tertiary/aromatic N) is 6. The van der Waals surface area contributed by atoms with Gasteiger partial charge in [-0.05, 0) is 32.1 Å². The Morgan fingerprint density at radius 1 is 0.788 bits per heavy atom. The van der Waals surface area contributed by atoms with Crippen molar-refractivity contribution in [2.24, 2.45) is 0 Å². The van der Waals surface area contributed by atoms with Crippen molar-refractivity contribution in [3.63, 3.8) is 0 Å². The second kappa shape index (κ2) is 10.6. The molecule has 4 fully saturated rings. The molecule has 0 unspecified atom stereocenters. The van der Waals surface area contributed by atoms with Crippen molar-refractivity contribution in [1.82, 2.24) is 29.6 Å². The molecule has 2 amide bonds. The van der Waals surface area contributed by atoms with Gasteiger partial charge in [-0.1, -0.05) is 18.6 Å². The molecule has 0 atom stereocenters. The number of rotatable bonds is 5. The Balaban J connectivity index is 1.06. The number of hydrogen-bond acceptors (Lipinski definition) is 6. The van der Waals surface area contributed by atoms with Crippen molar-refractivity contribution >= 4 is 11.8 Å². The fourth-order valence-corrected chi connectivity index (χ4v) is 5.68. The zero-order valence-electron chi connectivity index (χ0n) is 20.0. The number of likely N-dealkylation sites (tertiary alicyclic amines) is 1. The Labute approximate surface area is 198 Å². The van der Waals surface area contributed by atoms with Gasteiger partial charge < -0.3 is 14.8 Å².